The highest BCUT2D eigenvalue weighted by Gasteiger charge is 2.24. The number of rotatable bonds is 5. The van der Waals surface area contributed by atoms with Crippen molar-refractivity contribution >= 4 is 33.4 Å². The minimum absolute atomic E-state index is 0.0112. The van der Waals surface area contributed by atoms with E-state index in [0.29, 0.717) is 18.6 Å². The second-order valence-corrected chi connectivity index (χ2v) is 8.50. The molecule has 5 nitrogen and oxygen atoms in total. The van der Waals surface area contributed by atoms with E-state index in [2.05, 4.69) is 26.6 Å². The van der Waals surface area contributed by atoms with E-state index in [0.717, 1.165) is 38.2 Å². The lowest BCUT2D eigenvalue weighted by Crippen LogP contribution is -2.31. The third-order valence-corrected chi connectivity index (χ3v) is 5.98. The lowest BCUT2D eigenvalue weighted by molar-refractivity contribution is -0.121. The van der Waals surface area contributed by atoms with Crippen LogP contribution >= 0.6 is 15.9 Å². The normalized spacial score (nSPS) is 14.0. The lowest BCUT2D eigenvalue weighted by atomic mass is 9.97. The van der Waals surface area contributed by atoms with Crippen molar-refractivity contribution in [2.75, 3.05) is 5.32 Å². The third kappa shape index (κ3) is 4.33. The second-order valence-electron chi connectivity index (χ2n) is 7.65. The Morgan fingerprint density at radius 1 is 1.17 bits per heavy atom. The Labute approximate surface area is 184 Å². The topological polar surface area (TPSA) is 71.3 Å². The van der Waals surface area contributed by atoms with Crippen molar-refractivity contribution in [3.05, 3.63) is 86.8 Å². The zero-order chi connectivity index (χ0) is 21.3. The van der Waals surface area contributed by atoms with Gasteiger partial charge in [0.05, 0.1) is 6.42 Å². The molecule has 0 aliphatic carbocycles. The zero-order valence-electron chi connectivity index (χ0n) is 16.9. The van der Waals surface area contributed by atoms with E-state index in [1.165, 1.54) is 0 Å². The van der Waals surface area contributed by atoms with Crippen LogP contribution in [0.1, 0.15) is 46.2 Å². The van der Waals surface area contributed by atoms with Gasteiger partial charge in [0.2, 0.25) is 11.8 Å². The highest BCUT2D eigenvalue weighted by molar-refractivity contribution is 9.10. The first-order valence-electron chi connectivity index (χ1n) is 9.93. The number of furan rings is 1. The summed E-state index contributed by atoms with van der Waals surface area (Å²) in [6, 6.07) is 15.2. The van der Waals surface area contributed by atoms with Crippen LogP contribution in [-0.4, -0.2) is 11.8 Å². The molecule has 0 saturated carbocycles. The van der Waals surface area contributed by atoms with Gasteiger partial charge < -0.3 is 15.1 Å². The number of anilines is 1. The maximum Gasteiger partial charge on any atom is 0.225 e. The number of aryl methyl sites for hydroxylation is 3. The molecule has 1 unspecified atom stereocenters. The van der Waals surface area contributed by atoms with Crippen LogP contribution in [0.15, 0.2) is 57.4 Å². The zero-order valence-corrected chi connectivity index (χ0v) is 18.5. The number of carbonyl (C=O) groups excluding carboxylic acids is 2. The van der Waals surface area contributed by atoms with Gasteiger partial charge >= 0.3 is 0 Å². The van der Waals surface area contributed by atoms with Gasteiger partial charge in [-0.1, -0.05) is 46.3 Å². The molecule has 1 aromatic heterocycles. The summed E-state index contributed by atoms with van der Waals surface area (Å²) in [4.78, 5) is 24.9. The molecule has 6 heteroatoms. The van der Waals surface area contributed by atoms with Crippen molar-refractivity contribution < 1.29 is 14.0 Å². The molecule has 0 radical (unpaired) electrons. The Morgan fingerprint density at radius 2 is 2.00 bits per heavy atom. The molecule has 4 rings (SSSR count). The molecule has 3 aromatic rings. The lowest BCUT2D eigenvalue weighted by Gasteiger charge is -2.22. The molecule has 2 heterocycles. The van der Waals surface area contributed by atoms with E-state index in [1.54, 1.807) is 0 Å². The fourth-order valence-corrected chi connectivity index (χ4v) is 4.50. The summed E-state index contributed by atoms with van der Waals surface area (Å²) in [6.45, 7) is 3.90. The summed E-state index contributed by atoms with van der Waals surface area (Å²) in [6.07, 6.45) is 1.34. The van der Waals surface area contributed by atoms with Crippen molar-refractivity contribution in [1.29, 1.82) is 0 Å². The molecular formula is C24H23BrN2O3. The van der Waals surface area contributed by atoms with Crippen molar-refractivity contribution in [3.63, 3.8) is 0 Å². The molecule has 2 aromatic carbocycles. The summed E-state index contributed by atoms with van der Waals surface area (Å²) in [5.74, 6) is 1.30. The summed E-state index contributed by atoms with van der Waals surface area (Å²) in [5.41, 5.74) is 4.70. The third-order valence-electron chi connectivity index (χ3n) is 5.29. The highest BCUT2D eigenvalue weighted by Crippen LogP contribution is 2.31. The van der Waals surface area contributed by atoms with Gasteiger partial charge in [-0.05, 0) is 60.7 Å². The van der Waals surface area contributed by atoms with Gasteiger partial charge in [-0.3, -0.25) is 9.59 Å². The Kier molecular flexibility index (Phi) is 5.77. The maximum absolute atomic E-state index is 13.0. The smallest absolute Gasteiger partial charge is 0.225 e. The molecule has 2 amide bonds. The van der Waals surface area contributed by atoms with Gasteiger partial charge in [0, 0.05) is 16.6 Å². The molecule has 1 aliphatic heterocycles. The number of carbonyl (C=O) groups is 2. The van der Waals surface area contributed by atoms with E-state index in [1.807, 2.05) is 62.4 Å². The van der Waals surface area contributed by atoms with Crippen LogP contribution < -0.4 is 10.6 Å². The van der Waals surface area contributed by atoms with Crippen LogP contribution in [0.5, 0.6) is 0 Å². The SMILES string of the molecule is Cc1ccc(C(NC(=O)Cc2cccc3c2NC(=O)CC3)c2ccc(C)o2)c(Br)c1. The molecule has 1 atom stereocenters. The largest absolute Gasteiger partial charge is 0.464 e. The number of hydrogen-bond acceptors (Lipinski definition) is 3. The van der Waals surface area contributed by atoms with E-state index < -0.39 is 6.04 Å². The predicted molar refractivity (Wildman–Crippen MR) is 119 cm³/mol. The molecule has 0 bridgehead atoms. The Balaban J connectivity index is 1.61. The molecule has 30 heavy (non-hydrogen) atoms. The summed E-state index contributed by atoms with van der Waals surface area (Å²) in [7, 11) is 0. The molecule has 1 aliphatic rings. The van der Waals surface area contributed by atoms with Crippen LogP contribution in [0.4, 0.5) is 5.69 Å². The Morgan fingerprint density at radius 3 is 2.73 bits per heavy atom. The fraction of sp³-hybridized carbons (Fsp3) is 0.250. The van der Waals surface area contributed by atoms with E-state index in [4.69, 9.17) is 4.42 Å². The average Bonchev–Trinajstić information content (AvgIpc) is 3.13. The minimum Gasteiger partial charge on any atom is -0.464 e. The molecule has 154 valence electrons. The summed E-state index contributed by atoms with van der Waals surface area (Å²) in [5, 5.41) is 6.04. The molecule has 0 spiro atoms. The first-order chi connectivity index (χ1) is 14.4. The average molecular weight is 467 g/mol. The Bertz CT molecular complexity index is 1120. The summed E-state index contributed by atoms with van der Waals surface area (Å²) < 4.78 is 6.76. The Hall–Kier alpha value is -2.86. The highest BCUT2D eigenvalue weighted by atomic mass is 79.9. The number of halogens is 1. The van der Waals surface area contributed by atoms with Crippen LogP contribution in [-0.2, 0) is 22.4 Å². The van der Waals surface area contributed by atoms with Crippen molar-refractivity contribution in [3.8, 4) is 0 Å². The number of fused-ring (bicyclic) bond motifs is 1. The van der Waals surface area contributed by atoms with Crippen LogP contribution in [0.3, 0.4) is 0 Å². The fourth-order valence-electron chi connectivity index (χ4n) is 3.78. The van der Waals surface area contributed by atoms with Gasteiger partial charge in [0.1, 0.15) is 17.6 Å². The predicted octanol–water partition coefficient (Wildman–Crippen LogP) is 4.99. The van der Waals surface area contributed by atoms with Gasteiger partial charge in [-0.15, -0.1) is 0 Å². The number of hydrogen-bond donors (Lipinski definition) is 2. The van der Waals surface area contributed by atoms with Crippen LogP contribution in [0.25, 0.3) is 0 Å². The maximum atomic E-state index is 13.0. The molecule has 2 N–H and O–H groups in total. The molecule has 0 saturated heterocycles. The molecule has 0 fully saturated rings. The quantitative estimate of drug-likeness (QED) is 0.556. The standard InChI is InChI=1S/C24H23BrN2O3/c1-14-6-9-18(19(25)12-14)24(20-10-7-15(2)30-20)27-22(29)13-17-5-3-4-16-8-11-21(28)26-23(16)17/h3-7,9-10,12,24H,8,11,13H2,1-2H3,(H,26,28)(H,27,29). The molecular weight excluding hydrogens is 444 g/mol. The van der Waals surface area contributed by atoms with E-state index in [-0.39, 0.29) is 18.2 Å². The van der Waals surface area contributed by atoms with Crippen molar-refractivity contribution in [1.82, 2.24) is 5.32 Å². The number of benzene rings is 2. The minimum atomic E-state index is -0.421. The van der Waals surface area contributed by atoms with Gasteiger partial charge in [-0.2, -0.15) is 0 Å². The van der Waals surface area contributed by atoms with Gasteiger partial charge in [0.25, 0.3) is 0 Å². The summed E-state index contributed by atoms with van der Waals surface area (Å²) >= 11 is 3.62. The number of para-hydroxylation sites is 1. The first kappa shape index (κ1) is 20.4. The van der Waals surface area contributed by atoms with Gasteiger partial charge in [0.15, 0.2) is 0 Å². The monoisotopic (exact) mass is 466 g/mol. The van der Waals surface area contributed by atoms with Crippen LogP contribution in [0.2, 0.25) is 0 Å². The van der Waals surface area contributed by atoms with E-state index >= 15 is 0 Å². The van der Waals surface area contributed by atoms with Gasteiger partial charge in [-0.25, -0.2) is 0 Å². The first-order valence-corrected chi connectivity index (χ1v) is 10.7. The second kappa shape index (κ2) is 8.48. The van der Waals surface area contributed by atoms with Crippen LogP contribution in [0, 0.1) is 13.8 Å². The van der Waals surface area contributed by atoms with E-state index in [9.17, 15) is 9.59 Å². The number of amides is 2. The van der Waals surface area contributed by atoms with Crippen molar-refractivity contribution in [2.45, 2.75) is 39.2 Å². The van der Waals surface area contributed by atoms with Crippen molar-refractivity contribution in [2.24, 2.45) is 0 Å². The number of nitrogens with one attached hydrogen (secondary N) is 2.